The van der Waals surface area contributed by atoms with E-state index in [0.29, 0.717) is 17.8 Å². The summed E-state index contributed by atoms with van der Waals surface area (Å²) < 4.78 is 12.0. The van der Waals surface area contributed by atoms with Gasteiger partial charge in [-0.05, 0) is 49.0 Å². The molecule has 1 heterocycles. The lowest BCUT2D eigenvalue weighted by Crippen LogP contribution is -2.24. The van der Waals surface area contributed by atoms with E-state index in [1.165, 1.54) is 0 Å². The van der Waals surface area contributed by atoms with Crippen LogP contribution in [0.1, 0.15) is 31.7 Å². The number of hydrogen-bond donors (Lipinski definition) is 1. The van der Waals surface area contributed by atoms with Crippen LogP contribution in [-0.2, 0) is 6.42 Å². The molecule has 20 heavy (non-hydrogen) atoms. The fourth-order valence-corrected chi connectivity index (χ4v) is 2.05. The normalized spacial score (nSPS) is 14.0. The van der Waals surface area contributed by atoms with Crippen LogP contribution in [-0.4, -0.2) is 23.2 Å². The molecule has 1 aromatic carbocycles. The Hall–Kier alpha value is -1.40. The minimum Gasteiger partial charge on any atom is -0.480 e. The first-order chi connectivity index (χ1) is 9.60. The quantitative estimate of drug-likeness (QED) is 0.876. The number of aromatic nitrogens is 2. The lowest BCUT2D eigenvalue weighted by Gasteiger charge is -2.11. The van der Waals surface area contributed by atoms with Gasteiger partial charge in [0, 0.05) is 12.5 Å². The molecule has 0 spiro atoms. The standard InChI is InChI=1S/C14H18BrN3O2/c1-9(16-3)8-13-17-14(20-18-13)10(2)19-12-7-5-4-6-11(12)15/h4-7,9-10,16H,8H2,1-3H3. The van der Waals surface area contributed by atoms with Gasteiger partial charge in [0.2, 0.25) is 0 Å². The Morgan fingerprint density at radius 1 is 1.35 bits per heavy atom. The number of nitrogens with one attached hydrogen (secondary N) is 1. The maximum absolute atomic E-state index is 5.82. The van der Waals surface area contributed by atoms with Gasteiger partial charge in [0.05, 0.1) is 4.47 Å². The highest BCUT2D eigenvalue weighted by atomic mass is 79.9. The first-order valence-electron chi connectivity index (χ1n) is 6.51. The van der Waals surface area contributed by atoms with E-state index in [1.54, 1.807) is 0 Å². The molecule has 0 radical (unpaired) electrons. The SMILES string of the molecule is CNC(C)Cc1noc(C(C)Oc2ccccc2Br)n1. The molecule has 0 bridgehead atoms. The molecule has 1 N–H and O–H groups in total. The highest BCUT2D eigenvalue weighted by molar-refractivity contribution is 9.10. The molecular weight excluding hydrogens is 322 g/mol. The zero-order chi connectivity index (χ0) is 14.5. The first kappa shape index (κ1) is 15.0. The van der Waals surface area contributed by atoms with E-state index in [2.05, 4.69) is 38.3 Å². The van der Waals surface area contributed by atoms with Gasteiger partial charge in [0.1, 0.15) is 5.75 Å². The van der Waals surface area contributed by atoms with E-state index in [-0.39, 0.29) is 6.10 Å². The summed E-state index contributed by atoms with van der Waals surface area (Å²) in [5, 5.41) is 7.11. The lowest BCUT2D eigenvalue weighted by atomic mass is 10.2. The molecule has 2 rings (SSSR count). The number of likely N-dealkylation sites (N-methyl/N-ethyl adjacent to an activating group) is 1. The fourth-order valence-electron chi connectivity index (χ4n) is 1.67. The Labute approximate surface area is 126 Å². The van der Waals surface area contributed by atoms with Gasteiger partial charge in [0.15, 0.2) is 11.9 Å². The first-order valence-corrected chi connectivity index (χ1v) is 7.30. The minimum atomic E-state index is -0.292. The maximum Gasteiger partial charge on any atom is 0.267 e. The van der Waals surface area contributed by atoms with Crippen molar-refractivity contribution in [2.75, 3.05) is 7.05 Å². The van der Waals surface area contributed by atoms with Crippen molar-refractivity contribution in [3.05, 3.63) is 40.5 Å². The summed E-state index contributed by atoms with van der Waals surface area (Å²) in [5.41, 5.74) is 0. The zero-order valence-electron chi connectivity index (χ0n) is 11.8. The van der Waals surface area contributed by atoms with Crippen molar-refractivity contribution >= 4 is 15.9 Å². The number of rotatable bonds is 6. The average molecular weight is 340 g/mol. The van der Waals surface area contributed by atoms with Crippen molar-refractivity contribution in [3.63, 3.8) is 0 Å². The molecule has 2 aromatic rings. The summed E-state index contributed by atoms with van der Waals surface area (Å²) in [7, 11) is 1.91. The van der Waals surface area contributed by atoms with E-state index >= 15 is 0 Å². The third-order valence-electron chi connectivity index (χ3n) is 2.95. The van der Waals surface area contributed by atoms with Crippen molar-refractivity contribution in [2.24, 2.45) is 0 Å². The van der Waals surface area contributed by atoms with Gasteiger partial charge < -0.3 is 14.6 Å². The van der Waals surface area contributed by atoms with E-state index in [0.717, 1.165) is 16.6 Å². The topological polar surface area (TPSA) is 60.2 Å². The van der Waals surface area contributed by atoms with Gasteiger partial charge in [-0.3, -0.25) is 0 Å². The molecule has 6 heteroatoms. The van der Waals surface area contributed by atoms with Crippen molar-refractivity contribution in [1.29, 1.82) is 0 Å². The highest BCUT2D eigenvalue weighted by Crippen LogP contribution is 2.28. The molecule has 0 saturated heterocycles. The van der Waals surface area contributed by atoms with Crippen molar-refractivity contribution in [2.45, 2.75) is 32.4 Å². The van der Waals surface area contributed by atoms with Gasteiger partial charge in [-0.25, -0.2) is 0 Å². The van der Waals surface area contributed by atoms with E-state index in [9.17, 15) is 0 Å². The number of para-hydroxylation sites is 1. The average Bonchev–Trinajstić information content (AvgIpc) is 2.89. The Morgan fingerprint density at radius 3 is 2.80 bits per heavy atom. The molecule has 2 unspecified atom stereocenters. The fraction of sp³-hybridized carbons (Fsp3) is 0.429. The van der Waals surface area contributed by atoms with E-state index in [1.807, 2.05) is 38.2 Å². The minimum absolute atomic E-state index is 0.292. The summed E-state index contributed by atoms with van der Waals surface area (Å²) in [6.07, 6.45) is 0.432. The summed E-state index contributed by atoms with van der Waals surface area (Å²) in [5.74, 6) is 1.92. The summed E-state index contributed by atoms with van der Waals surface area (Å²) in [6, 6.07) is 7.98. The Balaban J connectivity index is 2.03. The van der Waals surface area contributed by atoms with E-state index in [4.69, 9.17) is 9.26 Å². The van der Waals surface area contributed by atoms with Crippen LogP contribution in [0.4, 0.5) is 0 Å². The van der Waals surface area contributed by atoms with Crippen molar-refractivity contribution < 1.29 is 9.26 Å². The molecule has 0 fully saturated rings. The van der Waals surface area contributed by atoms with Crippen LogP contribution in [0.3, 0.4) is 0 Å². The molecule has 0 aliphatic heterocycles. The second kappa shape index (κ2) is 6.85. The third kappa shape index (κ3) is 3.80. The number of nitrogens with zero attached hydrogens (tertiary/aromatic N) is 2. The molecular formula is C14H18BrN3O2. The summed E-state index contributed by atoms with van der Waals surface area (Å²) >= 11 is 3.44. The van der Waals surface area contributed by atoms with Gasteiger partial charge in [0.25, 0.3) is 5.89 Å². The second-order valence-corrected chi connectivity index (χ2v) is 5.49. The highest BCUT2D eigenvalue weighted by Gasteiger charge is 2.17. The molecule has 1 aromatic heterocycles. The molecule has 2 atom stereocenters. The Kier molecular flexibility index (Phi) is 5.14. The Bertz CT molecular complexity index is 559. The molecule has 0 amide bonds. The van der Waals surface area contributed by atoms with Gasteiger partial charge >= 0.3 is 0 Å². The van der Waals surface area contributed by atoms with Crippen LogP contribution in [0.5, 0.6) is 5.75 Å². The second-order valence-electron chi connectivity index (χ2n) is 4.63. The monoisotopic (exact) mass is 339 g/mol. The maximum atomic E-state index is 5.82. The van der Waals surface area contributed by atoms with Crippen LogP contribution >= 0.6 is 15.9 Å². The lowest BCUT2D eigenvalue weighted by molar-refractivity contribution is 0.174. The molecule has 0 aliphatic carbocycles. The van der Waals surface area contributed by atoms with Crippen LogP contribution in [0.25, 0.3) is 0 Å². The zero-order valence-corrected chi connectivity index (χ0v) is 13.3. The number of benzene rings is 1. The van der Waals surface area contributed by atoms with Crippen LogP contribution in [0, 0.1) is 0 Å². The molecule has 5 nitrogen and oxygen atoms in total. The largest absolute Gasteiger partial charge is 0.480 e. The molecule has 0 aliphatic rings. The smallest absolute Gasteiger partial charge is 0.267 e. The predicted molar refractivity (Wildman–Crippen MR) is 79.7 cm³/mol. The van der Waals surface area contributed by atoms with Crippen molar-refractivity contribution in [1.82, 2.24) is 15.5 Å². The van der Waals surface area contributed by atoms with Crippen LogP contribution in [0.2, 0.25) is 0 Å². The Morgan fingerprint density at radius 2 is 2.10 bits per heavy atom. The number of hydrogen-bond acceptors (Lipinski definition) is 5. The summed E-state index contributed by atoms with van der Waals surface area (Å²) in [4.78, 5) is 4.37. The van der Waals surface area contributed by atoms with Crippen LogP contribution < -0.4 is 10.1 Å². The molecule has 108 valence electrons. The van der Waals surface area contributed by atoms with Gasteiger partial charge in [-0.2, -0.15) is 4.98 Å². The third-order valence-corrected chi connectivity index (χ3v) is 3.61. The van der Waals surface area contributed by atoms with Crippen molar-refractivity contribution in [3.8, 4) is 5.75 Å². The van der Waals surface area contributed by atoms with Gasteiger partial charge in [-0.15, -0.1) is 0 Å². The van der Waals surface area contributed by atoms with Gasteiger partial charge in [-0.1, -0.05) is 17.3 Å². The number of halogens is 1. The predicted octanol–water partition coefficient (Wildman–Crippen LogP) is 3.12. The number of ether oxygens (including phenoxy) is 1. The summed E-state index contributed by atoms with van der Waals surface area (Å²) in [6.45, 7) is 3.95. The van der Waals surface area contributed by atoms with E-state index < -0.39 is 0 Å². The van der Waals surface area contributed by atoms with Crippen LogP contribution in [0.15, 0.2) is 33.3 Å². The molecule has 0 saturated carbocycles.